The molecule has 28 heavy (non-hydrogen) atoms. The topological polar surface area (TPSA) is 88.2 Å². The zero-order valence-corrected chi connectivity index (χ0v) is 16.0. The van der Waals surface area contributed by atoms with Crippen LogP contribution < -0.4 is 10.0 Å². The summed E-state index contributed by atoms with van der Waals surface area (Å²) in [6.45, 7) is 0.00182. The Balaban J connectivity index is 1.64. The average Bonchev–Trinajstić information content (AvgIpc) is 2.69. The minimum Gasteiger partial charge on any atom is -0.321 e. The first-order valence-electron chi connectivity index (χ1n) is 8.10. The first-order valence-corrected chi connectivity index (χ1v) is 9.96. The third-order valence-corrected chi connectivity index (χ3v) is 5.49. The van der Waals surface area contributed by atoms with Crippen molar-refractivity contribution in [1.29, 1.82) is 0 Å². The van der Waals surface area contributed by atoms with Gasteiger partial charge in [-0.2, -0.15) is 0 Å². The van der Waals surface area contributed by atoms with Crippen LogP contribution in [0.3, 0.4) is 0 Å². The number of rotatable bonds is 6. The fourth-order valence-electron chi connectivity index (χ4n) is 2.32. The molecule has 0 saturated heterocycles. The summed E-state index contributed by atoms with van der Waals surface area (Å²) in [7, 11) is -3.85. The number of nitrogens with zero attached hydrogens (tertiary/aromatic N) is 1. The van der Waals surface area contributed by atoms with Gasteiger partial charge in [-0.3, -0.25) is 9.78 Å². The van der Waals surface area contributed by atoms with E-state index in [9.17, 15) is 17.6 Å². The number of benzene rings is 2. The molecular weight excluding hydrogens is 405 g/mol. The van der Waals surface area contributed by atoms with Crippen molar-refractivity contribution in [3.8, 4) is 0 Å². The van der Waals surface area contributed by atoms with E-state index in [2.05, 4.69) is 15.0 Å². The molecule has 3 rings (SSSR count). The Labute approximate surface area is 166 Å². The van der Waals surface area contributed by atoms with Crippen molar-refractivity contribution in [3.05, 3.63) is 89.0 Å². The van der Waals surface area contributed by atoms with E-state index < -0.39 is 15.8 Å². The first kappa shape index (κ1) is 19.9. The number of carbonyl (C=O) groups excluding carboxylic acids is 1. The monoisotopic (exact) mass is 419 g/mol. The third-order valence-electron chi connectivity index (χ3n) is 3.80. The van der Waals surface area contributed by atoms with Gasteiger partial charge in [0.1, 0.15) is 5.82 Å². The number of aromatic nitrogens is 1. The number of nitrogens with one attached hydrogen (secondary N) is 2. The van der Waals surface area contributed by atoms with Crippen molar-refractivity contribution in [3.63, 3.8) is 0 Å². The number of pyridine rings is 1. The maximum absolute atomic E-state index is 13.2. The van der Waals surface area contributed by atoms with Crippen LogP contribution in [0, 0.1) is 5.82 Å². The van der Waals surface area contributed by atoms with Gasteiger partial charge in [0.15, 0.2) is 0 Å². The van der Waals surface area contributed by atoms with Gasteiger partial charge in [-0.15, -0.1) is 0 Å². The highest BCUT2D eigenvalue weighted by molar-refractivity contribution is 7.89. The molecule has 0 fully saturated rings. The molecule has 1 amide bonds. The Bertz CT molecular complexity index is 1090. The summed E-state index contributed by atoms with van der Waals surface area (Å²) in [5.74, 6) is -0.998. The molecule has 0 spiro atoms. The lowest BCUT2D eigenvalue weighted by Crippen LogP contribution is -2.23. The second kappa shape index (κ2) is 8.47. The molecule has 0 radical (unpaired) electrons. The molecule has 0 aliphatic carbocycles. The van der Waals surface area contributed by atoms with E-state index in [1.165, 1.54) is 6.20 Å². The second-order valence-corrected chi connectivity index (χ2v) is 7.97. The number of amides is 1. The molecule has 6 nitrogen and oxygen atoms in total. The summed E-state index contributed by atoms with van der Waals surface area (Å²) in [5.41, 5.74) is 1.64. The van der Waals surface area contributed by atoms with Gasteiger partial charge in [0.05, 0.1) is 21.8 Å². The Morgan fingerprint density at radius 2 is 1.86 bits per heavy atom. The van der Waals surface area contributed by atoms with Gasteiger partial charge < -0.3 is 5.32 Å². The molecule has 1 aromatic heterocycles. The first-order chi connectivity index (χ1) is 13.3. The van der Waals surface area contributed by atoms with Gasteiger partial charge in [0.2, 0.25) is 10.0 Å². The molecule has 0 saturated carbocycles. The minimum absolute atomic E-state index is 0.00182. The Kier molecular flexibility index (Phi) is 6.03. The van der Waals surface area contributed by atoms with Crippen molar-refractivity contribution in [1.82, 2.24) is 9.71 Å². The lowest BCUT2D eigenvalue weighted by Gasteiger charge is -2.09. The van der Waals surface area contributed by atoms with Crippen LogP contribution in [-0.2, 0) is 16.6 Å². The van der Waals surface area contributed by atoms with Gasteiger partial charge >= 0.3 is 0 Å². The SMILES string of the molecule is O=C(Nc1cccnc1)c1ccc(CNS(=O)(=O)c2ccc(F)c(Cl)c2)cc1. The molecule has 2 aromatic carbocycles. The zero-order valence-electron chi connectivity index (χ0n) is 14.4. The molecule has 144 valence electrons. The average molecular weight is 420 g/mol. The molecule has 0 atom stereocenters. The summed E-state index contributed by atoms with van der Waals surface area (Å²) in [4.78, 5) is 16.0. The van der Waals surface area contributed by atoms with Crippen LogP contribution in [0.1, 0.15) is 15.9 Å². The van der Waals surface area contributed by atoms with E-state index in [-0.39, 0.29) is 22.4 Å². The predicted molar refractivity (Wildman–Crippen MR) is 104 cm³/mol. The molecule has 9 heteroatoms. The van der Waals surface area contributed by atoms with Crippen molar-refractivity contribution >= 4 is 33.2 Å². The summed E-state index contributed by atoms with van der Waals surface area (Å²) >= 11 is 5.63. The molecule has 0 aliphatic heterocycles. The molecule has 0 unspecified atom stereocenters. The fourth-order valence-corrected chi connectivity index (χ4v) is 3.61. The van der Waals surface area contributed by atoms with Crippen molar-refractivity contribution in [2.24, 2.45) is 0 Å². The molecule has 0 bridgehead atoms. The number of hydrogen-bond acceptors (Lipinski definition) is 4. The van der Waals surface area contributed by atoms with Crippen LogP contribution in [0.15, 0.2) is 71.9 Å². The van der Waals surface area contributed by atoms with Gasteiger partial charge in [-0.05, 0) is 48.0 Å². The third kappa shape index (κ3) is 4.92. The van der Waals surface area contributed by atoms with Gasteiger partial charge in [-0.25, -0.2) is 17.5 Å². The molecular formula is C19H15ClFN3O3S. The van der Waals surface area contributed by atoms with E-state index in [4.69, 9.17) is 11.6 Å². The zero-order chi connectivity index (χ0) is 20.1. The maximum Gasteiger partial charge on any atom is 0.255 e. The Morgan fingerprint density at radius 1 is 1.11 bits per heavy atom. The van der Waals surface area contributed by atoms with E-state index in [0.717, 1.165) is 18.2 Å². The van der Waals surface area contributed by atoms with E-state index in [0.29, 0.717) is 16.8 Å². The van der Waals surface area contributed by atoms with Crippen molar-refractivity contribution in [2.45, 2.75) is 11.4 Å². The molecule has 3 aromatic rings. The highest BCUT2D eigenvalue weighted by Gasteiger charge is 2.16. The van der Waals surface area contributed by atoms with Crippen LogP contribution in [-0.4, -0.2) is 19.3 Å². The number of halogens is 2. The number of carbonyl (C=O) groups is 1. The van der Waals surface area contributed by atoms with Crippen LogP contribution in [0.2, 0.25) is 5.02 Å². The maximum atomic E-state index is 13.2. The second-order valence-electron chi connectivity index (χ2n) is 5.79. The van der Waals surface area contributed by atoms with Crippen molar-refractivity contribution in [2.75, 3.05) is 5.32 Å². The largest absolute Gasteiger partial charge is 0.321 e. The predicted octanol–water partition coefficient (Wildman–Crippen LogP) is 3.60. The van der Waals surface area contributed by atoms with Gasteiger partial charge in [0.25, 0.3) is 5.91 Å². The smallest absolute Gasteiger partial charge is 0.255 e. The van der Waals surface area contributed by atoms with Crippen LogP contribution in [0.5, 0.6) is 0 Å². The van der Waals surface area contributed by atoms with Crippen LogP contribution >= 0.6 is 11.6 Å². The number of hydrogen-bond donors (Lipinski definition) is 2. The van der Waals surface area contributed by atoms with Gasteiger partial charge in [0, 0.05) is 18.3 Å². The van der Waals surface area contributed by atoms with E-state index in [1.807, 2.05) is 0 Å². The lowest BCUT2D eigenvalue weighted by molar-refractivity contribution is 0.102. The summed E-state index contributed by atoms with van der Waals surface area (Å²) in [6, 6.07) is 13.0. The highest BCUT2D eigenvalue weighted by atomic mass is 35.5. The highest BCUT2D eigenvalue weighted by Crippen LogP contribution is 2.19. The van der Waals surface area contributed by atoms with E-state index in [1.54, 1.807) is 42.6 Å². The lowest BCUT2D eigenvalue weighted by atomic mass is 10.1. The quantitative estimate of drug-likeness (QED) is 0.639. The van der Waals surface area contributed by atoms with Gasteiger partial charge in [-0.1, -0.05) is 23.7 Å². The molecule has 0 aliphatic rings. The summed E-state index contributed by atoms with van der Waals surface area (Å²) < 4.78 is 40.2. The molecule has 2 N–H and O–H groups in total. The van der Waals surface area contributed by atoms with Crippen molar-refractivity contribution < 1.29 is 17.6 Å². The Hall–Kier alpha value is -2.81. The fraction of sp³-hybridized carbons (Fsp3) is 0.0526. The van der Waals surface area contributed by atoms with Crippen LogP contribution in [0.25, 0.3) is 0 Å². The van der Waals surface area contributed by atoms with Crippen LogP contribution in [0.4, 0.5) is 10.1 Å². The standard InChI is InChI=1S/C19H15ClFN3O3S/c20-17-10-16(7-8-18(17)21)28(26,27)23-11-13-3-5-14(6-4-13)19(25)24-15-2-1-9-22-12-15/h1-10,12,23H,11H2,(H,24,25). The summed E-state index contributed by atoms with van der Waals surface area (Å²) in [5, 5.41) is 2.44. The molecule has 1 heterocycles. The van der Waals surface area contributed by atoms with E-state index >= 15 is 0 Å². The number of anilines is 1. The summed E-state index contributed by atoms with van der Waals surface area (Å²) in [6.07, 6.45) is 3.13. The minimum atomic E-state index is -3.85. The normalized spacial score (nSPS) is 11.2. The Morgan fingerprint density at radius 3 is 2.50 bits per heavy atom. The number of sulfonamides is 1.